The molecule has 11 rings (SSSR count). The fourth-order valence-electron chi connectivity index (χ4n) is 17.3. The number of hydrogen-bond donors (Lipinski definition) is 34. The van der Waals surface area contributed by atoms with E-state index < -0.39 is 427 Å². The molecule has 4 amide bonds. The topological polar surface area (TPSA) is 917 Å². The van der Waals surface area contributed by atoms with Crippen LogP contribution in [0.5, 0.6) is 0 Å². The second-order valence-electron chi connectivity index (χ2n) is 33.8. The van der Waals surface area contributed by atoms with Gasteiger partial charge in [-0.15, -0.1) is 0 Å². The molecule has 11 fully saturated rings. The molecular weight excluding hydrogens is 1820 g/mol. The molecular formula is C74H124N4O55. The number of aliphatic hydroxyl groups excluding tert-OH is 30. The Hall–Kier alpha value is -4.16. The van der Waals surface area contributed by atoms with Gasteiger partial charge in [0.05, 0.1) is 72.2 Å². The Morgan fingerprint density at radius 3 is 0.827 bits per heavy atom. The Kier molecular flexibility index (Phi) is 39.1. The van der Waals surface area contributed by atoms with Crippen LogP contribution in [0.25, 0.3) is 0 Å². The molecule has 0 aromatic rings. The molecule has 11 aliphatic heterocycles. The van der Waals surface area contributed by atoms with Gasteiger partial charge in [-0.05, 0) is 6.92 Å². The van der Waals surface area contributed by atoms with E-state index in [1.807, 2.05) is 0 Å². The summed E-state index contributed by atoms with van der Waals surface area (Å²) in [6, 6.07) is -7.99. The minimum absolute atomic E-state index is 0.890. The van der Waals surface area contributed by atoms with Crippen LogP contribution < -0.4 is 21.3 Å². The number of ether oxygens (including phenoxy) is 21. The minimum atomic E-state index is -2.61. The van der Waals surface area contributed by atoms with Gasteiger partial charge in [0, 0.05) is 27.7 Å². The number of rotatable bonds is 34. The molecule has 59 heteroatoms. The highest BCUT2D eigenvalue weighted by molar-refractivity contribution is 5.74. The Morgan fingerprint density at radius 1 is 0.211 bits per heavy atom. The predicted octanol–water partition coefficient (Wildman–Crippen LogP) is -23.4. The summed E-state index contributed by atoms with van der Waals surface area (Å²) < 4.78 is 126. The van der Waals surface area contributed by atoms with Gasteiger partial charge >= 0.3 is 0 Å². The van der Waals surface area contributed by atoms with Crippen molar-refractivity contribution in [1.29, 1.82) is 0 Å². The number of nitrogens with one attached hydrogen (secondary N) is 4. The lowest BCUT2D eigenvalue weighted by Gasteiger charge is -2.51. The summed E-state index contributed by atoms with van der Waals surface area (Å²) in [6.07, 6.45) is -108. The standard InChI is InChI=1S/C74H124N4O55/c1-16-35(91)44(100)50(106)69(115-16)131-61-34(78-20(5)90)66(123-28(13-86)58(61)128-70-51(107)45(101)36(92)21(6-79)119-70)114-15-30-42(98)62(132-67-32(76-18(3)88)59(39(95)24(9-82)117-67)129-71-52(108)46(102)37(93)22(7-80)120-71)54(110)73(124-30)126-56-27(12-85)122-65(31(43(56)99)75-17(2)87)113-14-29-41(97)63(55(111)74(125-29)127-57-26(11-84)116-64(112)49(105)48(57)104)133-68-33(77-19(4)89)60(40(96)25(10-83)118-68)130-72-53(109)47(103)38(94)23(8-81)121-72/h16,21-74,79-86,91-112H,6-15H2,1-5H3,(H,75,87)(H,76,88)(H,77,89)(H,78,90)/t16-,21+,22+,23+,24+,25+,26+,27+,28+,29+,30+,31+,32+,33+,34+,35+,36-,37-,38-,39+,40+,41-,42-,43+,44+,45-,46-,47-,48+,49+,50-,51+,52+,53+,54+,55+,56+,57+,58+,59+,60+,61+,62-,63-,64?,65+,66+,67-,68-,69-,70-,71-,72-,73-,74-/m0/s1. The average molecular weight is 1950 g/mol. The molecule has 133 heavy (non-hydrogen) atoms. The number of carbonyl (C=O) groups excluding carboxylic acids is 4. The molecule has 11 heterocycles. The van der Waals surface area contributed by atoms with Crippen molar-refractivity contribution in [2.45, 2.75) is 372 Å². The van der Waals surface area contributed by atoms with Crippen molar-refractivity contribution in [1.82, 2.24) is 21.3 Å². The quantitative estimate of drug-likeness (QED) is 0.0284. The highest BCUT2D eigenvalue weighted by atomic mass is 16.8. The van der Waals surface area contributed by atoms with Crippen molar-refractivity contribution in [2.24, 2.45) is 0 Å². The largest absolute Gasteiger partial charge is 0.394 e. The summed E-state index contributed by atoms with van der Waals surface area (Å²) in [5.41, 5.74) is 0. The van der Waals surface area contributed by atoms with E-state index in [2.05, 4.69) is 21.3 Å². The first-order valence-electron chi connectivity index (χ1n) is 42.5. The van der Waals surface area contributed by atoms with Gasteiger partial charge in [0.2, 0.25) is 23.6 Å². The Morgan fingerprint density at radius 2 is 0.459 bits per heavy atom. The van der Waals surface area contributed by atoms with Crippen LogP contribution in [0.1, 0.15) is 34.6 Å². The molecule has 1 unspecified atom stereocenters. The third kappa shape index (κ3) is 24.1. The van der Waals surface area contributed by atoms with Crippen LogP contribution in [0.4, 0.5) is 0 Å². The van der Waals surface area contributed by atoms with Gasteiger partial charge in [0.25, 0.3) is 0 Å². The molecule has 11 saturated heterocycles. The van der Waals surface area contributed by atoms with Gasteiger partial charge in [-0.1, -0.05) is 0 Å². The Bertz CT molecular complexity index is 3630. The molecule has 0 aromatic carbocycles. The van der Waals surface area contributed by atoms with E-state index in [1.165, 1.54) is 6.92 Å². The summed E-state index contributed by atoms with van der Waals surface area (Å²) in [5.74, 6) is -4.01. The maximum absolute atomic E-state index is 13.5. The van der Waals surface area contributed by atoms with Gasteiger partial charge in [0.15, 0.2) is 69.2 Å². The molecule has 0 radical (unpaired) electrons. The van der Waals surface area contributed by atoms with Crippen molar-refractivity contribution in [3.63, 3.8) is 0 Å². The van der Waals surface area contributed by atoms with E-state index in [4.69, 9.17) is 99.5 Å². The number of aliphatic hydroxyl groups is 30. The first-order chi connectivity index (χ1) is 62.9. The summed E-state index contributed by atoms with van der Waals surface area (Å²) in [6.45, 7) is -6.49. The number of hydrogen-bond acceptors (Lipinski definition) is 55. The van der Waals surface area contributed by atoms with Crippen LogP contribution in [0.2, 0.25) is 0 Å². The smallest absolute Gasteiger partial charge is 0.217 e. The normalized spacial score (nSPS) is 50.1. The van der Waals surface area contributed by atoms with Crippen LogP contribution >= 0.6 is 0 Å². The Balaban J connectivity index is 0.926. The van der Waals surface area contributed by atoms with E-state index in [0.717, 1.165) is 27.7 Å². The molecule has 0 saturated carbocycles. The third-order valence-electron chi connectivity index (χ3n) is 24.5. The molecule has 0 aromatic heterocycles. The summed E-state index contributed by atoms with van der Waals surface area (Å²) in [7, 11) is 0. The number of carbonyl (C=O) groups is 4. The molecule has 0 bridgehead atoms. The van der Waals surface area contributed by atoms with Crippen molar-refractivity contribution in [2.75, 3.05) is 66.1 Å². The SMILES string of the molecule is CC(=O)N[C@H]1[C@H](OC[C@H]2O[C@@H](O[C@H]3[C@H](O)[C@@H](O)C(O)O[C@@H]3CO)[C@H](O)[C@@H](O[C@@H]3O[C@H](CO)[C@@H](O)[C@H](O[C@@H]4O[C@H](CO)[C@H](O)[C@H](O)[C@H]4O)[C@H]3NC(C)=O)[C@H]2O)O[C@H](CO)[C@@H](O[C@@H]2O[C@H](CO[C@@H]3O[C@H](CO)[C@@H](O[C@@H]4O[C@H](CO)[C@H](O)[C@H](O)[C@H]4O)[C@H](O[C@@H]4O[C@@H](C)[C@@H](O)[C@@H](O)[C@@H]4O)[C@H]3NC(C)=O)[C@H](O)[C@H](O[C@@H]3O[C@H](CO)[C@@H](O)[C@H](O[C@@H]4O[C@H](CO)[C@H](O)[C@H](O)[C@H]4O)[C@H]3NC(C)=O)[C@H]2O)[C@@H]1O. The van der Waals surface area contributed by atoms with Crippen LogP contribution in [-0.2, 0) is 119 Å². The van der Waals surface area contributed by atoms with Crippen LogP contribution in [-0.4, -0.2) is 580 Å². The van der Waals surface area contributed by atoms with Gasteiger partial charge in [-0.2, -0.15) is 0 Å². The summed E-state index contributed by atoms with van der Waals surface area (Å²) in [5, 5.41) is 344. The van der Waals surface area contributed by atoms with Crippen LogP contribution in [0, 0.1) is 0 Å². The van der Waals surface area contributed by atoms with E-state index in [-0.39, 0.29) is 0 Å². The lowest BCUT2D eigenvalue weighted by molar-refractivity contribution is -0.388. The third-order valence-corrected chi connectivity index (χ3v) is 24.5. The predicted molar refractivity (Wildman–Crippen MR) is 407 cm³/mol. The molecule has 0 spiro atoms. The van der Waals surface area contributed by atoms with Crippen molar-refractivity contribution < 1.29 is 272 Å². The fraction of sp³-hybridized carbons (Fsp3) is 0.946. The lowest BCUT2D eigenvalue weighted by atomic mass is 9.93. The van der Waals surface area contributed by atoms with Gasteiger partial charge in [0.1, 0.15) is 262 Å². The van der Waals surface area contributed by atoms with E-state index in [0.29, 0.717) is 0 Å². The maximum Gasteiger partial charge on any atom is 0.217 e. The first-order valence-corrected chi connectivity index (χ1v) is 42.5. The van der Waals surface area contributed by atoms with E-state index in [9.17, 15) is 172 Å². The van der Waals surface area contributed by atoms with Gasteiger partial charge in [-0.25, -0.2) is 0 Å². The first kappa shape index (κ1) is 109. The fourth-order valence-corrected chi connectivity index (χ4v) is 17.3. The van der Waals surface area contributed by atoms with Crippen molar-refractivity contribution in [3.05, 3.63) is 0 Å². The average Bonchev–Trinajstić information content (AvgIpc) is 0.764. The second kappa shape index (κ2) is 47.6. The molecule has 0 aliphatic carbocycles. The summed E-state index contributed by atoms with van der Waals surface area (Å²) >= 11 is 0. The molecule has 11 aliphatic rings. The maximum atomic E-state index is 13.5. The highest BCUT2D eigenvalue weighted by Gasteiger charge is 2.63. The molecule has 34 N–H and O–H groups in total. The summed E-state index contributed by atoms with van der Waals surface area (Å²) in [4.78, 5) is 53.3. The molecule has 55 atom stereocenters. The lowest BCUT2D eigenvalue weighted by Crippen LogP contribution is -2.71. The highest BCUT2D eigenvalue weighted by Crippen LogP contribution is 2.42. The molecule has 59 nitrogen and oxygen atoms in total. The molecule has 770 valence electrons. The van der Waals surface area contributed by atoms with Gasteiger partial charge in [-0.3, -0.25) is 19.2 Å². The van der Waals surface area contributed by atoms with E-state index in [1.54, 1.807) is 0 Å². The van der Waals surface area contributed by atoms with Gasteiger partial charge < -0.3 is 274 Å². The number of amides is 4. The van der Waals surface area contributed by atoms with Crippen molar-refractivity contribution >= 4 is 23.6 Å². The van der Waals surface area contributed by atoms with Crippen molar-refractivity contribution in [3.8, 4) is 0 Å². The van der Waals surface area contributed by atoms with Crippen LogP contribution in [0.15, 0.2) is 0 Å². The minimum Gasteiger partial charge on any atom is -0.394 e. The zero-order valence-electron chi connectivity index (χ0n) is 71.4. The zero-order chi connectivity index (χ0) is 97.8. The Labute approximate surface area is 752 Å². The van der Waals surface area contributed by atoms with E-state index >= 15 is 0 Å². The van der Waals surface area contributed by atoms with Crippen LogP contribution in [0.3, 0.4) is 0 Å². The monoisotopic (exact) mass is 1950 g/mol. The second-order valence-corrected chi connectivity index (χ2v) is 33.8. The zero-order valence-corrected chi connectivity index (χ0v) is 71.4.